The molecule has 0 aliphatic rings. The molecule has 0 aromatic carbocycles. The first kappa shape index (κ1) is 1.78. The molecule has 0 rings (SSSR count). The molecule has 0 atom stereocenters. The molecule has 0 amide bonds. The normalized spacial score (nSPS) is 16.3. The van der Waals surface area contributed by atoms with E-state index in [4.69, 9.17) is 4.11 Å². The average Bonchev–Trinajstić information content (AvgIpc) is 1.64. The predicted molar refractivity (Wildman–Crippen MR) is 22.0 cm³/mol. The molecule has 0 unspecified atom stereocenters. The van der Waals surface area contributed by atoms with Crippen molar-refractivity contribution in [3.63, 3.8) is 0 Å². The van der Waals surface area contributed by atoms with Gasteiger partial charge in [-0.05, 0) is 0 Å². The molecule has 0 heterocycles. The van der Waals surface area contributed by atoms with E-state index in [1.54, 1.807) is 0 Å². The molecule has 0 radical (unpaired) electrons. The van der Waals surface area contributed by atoms with Gasteiger partial charge in [-0.1, -0.05) is 6.58 Å². The van der Waals surface area contributed by atoms with Crippen LogP contribution in [0, 0.1) is 0 Å². The maximum absolute atomic E-state index is 10.2. The molecule has 6 heavy (non-hydrogen) atoms. The van der Waals surface area contributed by atoms with Crippen LogP contribution in [0.25, 0.3) is 0 Å². The summed E-state index contributed by atoms with van der Waals surface area (Å²) < 4.78 is 23.3. The molecule has 0 aliphatic heterocycles. The quantitative estimate of drug-likeness (QED) is 0.349. The second-order valence-corrected chi connectivity index (χ2v) is 0.572. The van der Waals surface area contributed by atoms with Crippen molar-refractivity contribution in [2.75, 3.05) is 0 Å². The van der Waals surface area contributed by atoms with Crippen molar-refractivity contribution in [1.82, 2.24) is 0 Å². The maximum Gasteiger partial charge on any atom is 0.307 e. The van der Waals surface area contributed by atoms with Gasteiger partial charge in [0.1, 0.15) is 0 Å². The summed E-state index contributed by atoms with van der Waals surface area (Å²) in [6, 6.07) is 0. The number of carbonyl (C=O) groups is 1. The molecular weight excluding hydrogens is 80.0 g/mol. The van der Waals surface area contributed by atoms with Gasteiger partial charge in [0.15, 0.2) is 0 Å². The van der Waals surface area contributed by atoms with Crippen molar-refractivity contribution >= 4 is 5.97 Å². The molecule has 0 N–H and O–H groups in total. The fourth-order valence-corrected chi connectivity index (χ4v) is 0.0757. The number of ether oxygens (including phenoxy) is 1. The molecule has 0 fully saturated rings. The van der Waals surface area contributed by atoms with Crippen LogP contribution in [0.2, 0.25) is 0 Å². The highest BCUT2D eigenvalue weighted by atomic mass is 16.5. The van der Waals surface area contributed by atoms with E-state index in [0.717, 1.165) is 6.26 Å². The Morgan fingerprint density at radius 1 is 2.33 bits per heavy atom. The number of rotatable bonds is 1. The highest BCUT2D eigenvalue weighted by Crippen LogP contribution is 1.70. The van der Waals surface area contributed by atoms with Crippen LogP contribution in [0.15, 0.2) is 12.8 Å². The Balaban J connectivity index is 3.88. The van der Waals surface area contributed by atoms with Gasteiger partial charge >= 0.3 is 5.97 Å². The predicted octanol–water partition coefficient (Wildman–Crippen LogP) is 0.693. The fraction of sp³-hybridized carbons (Fsp3) is 0.250. The molecule has 2 nitrogen and oxygen atoms in total. The Kier molecular flexibility index (Phi) is 0.725. The fourth-order valence-electron chi connectivity index (χ4n) is 0.0757. The minimum atomic E-state index is -2.67. The van der Waals surface area contributed by atoms with Gasteiger partial charge in [0.25, 0.3) is 0 Å². The zero-order valence-corrected chi connectivity index (χ0v) is 3.10. The van der Waals surface area contributed by atoms with Crippen LogP contribution in [-0.4, -0.2) is 5.97 Å². The van der Waals surface area contributed by atoms with Gasteiger partial charge in [0, 0.05) is 11.0 Å². The Morgan fingerprint density at radius 2 is 3.00 bits per heavy atom. The van der Waals surface area contributed by atoms with Crippen molar-refractivity contribution in [1.29, 1.82) is 0 Å². The highest BCUT2D eigenvalue weighted by Gasteiger charge is 1.79. The number of carbonyl (C=O) groups excluding carboxylic acids is 1. The largest absolute Gasteiger partial charge is 0.435 e. The van der Waals surface area contributed by atoms with Crippen LogP contribution in [0.3, 0.4) is 0 Å². The van der Waals surface area contributed by atoms with Crippen molar-refractivity contribution in [3.05, 3.63) is 12.8 Å². The molecule has 34 valence electrons. The van der Waals surface area contributed by atoms with Crippen molar-refractivity contribution in [2.45, 2.75) is 6.85 Å². The summed E-state index contributed by atoms with van der Waals surface area (Å²) >= 11 is 0. The summed E-state index contributed by atoms with van der Waals surface area (Å²) in [6.45, 7) is 0.349. The smallest absolute Gasteiger partial charge is 0.307 e. The second-order valence-electron chi connectivity index (χ2n) is 0.572. The summed E-state index contributed by atoms with van der Waals surface area (Å²) in [5, 5.41) is 0. The monoisotopic (exact) mass is 89.1 g/mol. The van der Waals surface area contributed by atoms with Crippen molar-refractivity contribution in [2.24, 2.45) is 0 Å². The van der Waals surface area contributed by atoms with Gasteiger partial charge < -0.3 is 4.74 Å². The van der Waals surface area contributed by atoms with E-state index in [2.05, 4.69) is 11.3 Å². The topological polar surface area (TPSA) is 26.3 Å². The number of hydrogen-bond donors (Lipinski definition) is 0. The zero-order valence-electron chi connectivity index (χ0n) is 6.10. The lowest BCUT2D eigenvalue weighted by molar-refractivity contribution is -0.135. The van der Waals surface area contributed by atoms with Crippen LogP contribution in [0.1, 0.15) is 11.0 Å². The number of esters is 1. The zero-order chi connectivity index (χ0) is 7.49. The first-order chi connectivity index (χ1) is 3.98. The molecule has 2 heteroatoms. The van der Waals surface area contributed by atoms with Crippen molar-refractivity contribution < 1.29 is 13.6 Å². The Bertz CT molecular complexity index is 126. The van der Waals surface area contributed by atoms with Gasteiger partial charge in [0.2, 0.25) is 0 Å². The van der Waals surface area contributed by atoms with E-state index in [1.165, 1.54) is 0 Å². The standard InChI is InChI=1S/C4H6O2/c1-3-6-4(2)5/h3H,1H2,2H3/i2D3. The Hall–Kier alpha value is -0.790. The van der Waals surface area contributed by atoms with Gasteiger partial charge in [-0.15, -0.1) is 0 Å². The van der Waals surface area contributed by atoms with E-state index >= 15 is 0 Å². The van der Waals surface area contributed by atoms with E-state index in [0.29, 0.717) is 0 Å². The lowest BCUT2D eigenvalue weighted by Gasteiger charge is -1.83. The Morgan fingerprint density at radius 3 is 3.17 bits per heavy atom. The third kappa shape index (κ3) is 3.21. The molecular formula is C4H6O2. The number of hydrogen-bond acceptors (Lipinski definition) is 2. The minimum Gasteiger partial charge on any atom is -0.435 e. The van der Waals surface area contributed by atoms with E-state index in [1.807, 2.05) is 0 Å². The van der Waals surface area contributed by atoms with Gasteiger partial charge in [0.05, 0.1) is 6.26 Å². The first-order valence-corrected chi connectivity index (χ1v) is 1.30. The average molecular weight is 89.1 g/mol. The van der Waals surface area contributed by atoms with Crippen LogP contribution in [0.4, 0.5) is 0 Å². The SMILES string of the molecule is [2H]C([2H])([2H])C(=O)OC=C. The summed E-state index contributed by atoms with van der Waals surface area (Å²) in [7, 11) is 0. The maximum atomic E-state index is 10.2. The van der Waals surface area contributed by atoms with E-state index < -0.39 is 12.8 Å². The molecule has 0 aromatic heterocycles. The summed E-state index contributed by atoms with van der Waals surface area (Å²) in [5.74, 6) is -1.25. The lowest BCUT2D eigenvalue weighted by Crippen LogP contribution is -1.87. The van der Waals surface area contributed by atoms with Crippen LogP contribution in [-0.2, 0) is 9.53 Å². The third-order valence-corrected chi connectivity index (χ3v) is 0.190. The van der Waals surface area contributed by atoms with E-state index in [9.17, 15) is 4.79 Å². The van der Waals surface area contributed by atoms with Crippen LogP contribution < -0.4 is 0 Å². The molecule has 0 saturated heterocycles. The molecule has 0 aliphatic carbocycles. The van der Waals surface area contributed by atoms with Gasteiger partial charge in [-0.2, -0.15) is 0 Å². The van der Waals surface area contributed by atoms with Gasteiger partial charge in [-0.25, -0.2) is 0 Å². The summed E-state index contributed by atoms with van der Waals surface area (Å²) in [6.07, 6.45) is 0.786. The summed E-state index contributed by atoms with van der Waals surface area (Å²) in [5.41, 5.74) is 0. The van der Waals surface area contributed by atoms with Crippen molar-refractivity contribution in [3.8, 4) is 0 Å². The highest BCUT2D eigenvalue weighted by molar-refractivity contribution is 5.66. The molecule has 0 saturated carbocycles. The second kappa shape index (κ2) is 2.45. The van der Waals surface area contributed by atoms with E-state index in [-0.39, 0.29) is 0 Å². The van der Waals surface area contributed by atoms with Crippen LogP contribution >= 0.6 is 0 Å². The molecule has 0 bridgehead atoms. The first-order valence-electron chi connectivity index (χ1n) is 2.80. The molecule has 0 aromatic rings. The molecule has 0 spiro atoms. The van der Waals surface area contributed by atoms with Gasteiger partial charge in [-0.3, -0.25) is 4.79 Å². The lowest BCUT2D eigenvalue weighted by atomic mass is 10.8. The minimum absolute atomic E-state index is 0.786. The summed E-state index contributed by atoms with van der Waals surface area (Å²) in [4.78, 5) is 10.2. The Labute approximate surface area is 40.6 Å². The van der Waals surface area contributed by atoms with Crippen LogP contribution in [0.5, 0.6) is 0 Å². The third-order valence-electron chi connectivity index (χ3n) is 0.190.